The average Bonchev–Trinajstić information content (AvgIpc) is 3.20. The summed E-state index contributed by atoms with van der Waals surface area (Å²) in [5.41, 5.74) is 2.42. The quantitative estimate of drug-likeness (QED) is 0.310. The molecule has 1 atom stereocenters. The number of amides is 1. The van der Waals surface area contributed by atoms with E-state index in [0.29, 0.717) is 29.9 Å². The minimum Gasteiger partial charge on any atom is -0.427 e. The second-order valence-electron chi connectivity index (χ2n) is 7.00. The Bertz CT molecular complexity index is 996. The molecule has 1 aromatic heterocycles. The van der Waals surface area contributed by atoms with Crippen molar-refractivity contribution in [3.8, 4) is 16.2 Å². The van der Waals surface area contributed by atoms with Crippen LogP contribution in [0.3, 0.4) is 0 Å². The van der Waals surface area contributed by atoms with Crippen LogP contribution >= 0.6 is 11.3 Å². The van der Waals surface area contributed by atoms with Crippen LogP contribution < -0.4 is 10.2 Å². The minimum absolute atomic E-state index is 0.0242. The summed E-state index contributed by atoms with van der Waals surface area (Å²) in [5, 5.41) is 8.96. The van der Waals surface area contributed by atoms with Gasteiger partial charge in [-0.2, -0.15) is 0 Å². The van der Waals surface area contributed by atoms with E-state index in [1.807, 2.05) is 6.07 Å². The maximum Gasteiger partial charge on any atom is 0.310 e. The molecule has 3 rings (SSSR count). The van der Waals surface area contributed by atoms with Gasteiger partial charge in [0.05, 0.1) is 12.2 Å². The molecule has 1 fully saturated rings. The summed E-state index contributed by atoms with van der Waals surface area (Å²) in [7, 11) is -3.55. The number of hydrogen-bond donors (Lipinski definition) is 2. The number of nitrogens with one attached hydrogen (secondary N) is 1. The monoisotopic (exact) mass is 437 g/mol. The zero-order valence-corrected chi connectivity index (χ0v) is 17.6. The summed E-state index contributed by atoms with van der Waals surface area (Å²) in [4.78, 5) is 24.7. The largest absolute Gasteiger partial charge is 0.427 e. The number of rotatable bonds is 6. The molecule has 0 aliphatic carbocycles. The molecule has 1 aliphatic rings. The number of hydroxylamine groups is 1. The number of hydrogen-bond acceptors (Lipinski definition) is 7. The van der Waals surface area contributed by atoms with Crippen molar-refractivity contribution in [3.63, 3.8) is 0 Å². The van der Waals surface area contributed by atoms with Gasteiger partial charge >= 0.3 is 5.97 Å². The van der Waals surface area contributed by atoms with Crippen LogP contribution in [0, 0.1) is 0 Å². The molecule has 2 aromatic rings. The molecular formula is C20H23NO6S2. The van der Waals surface area contributed by atoms with E-state index in [2.05, 4.69) is 0 Å². The Morgan fingerprint density at radius 3 is 2.52 bits per heavy atom. The van der Waals surface area contributed by atoms with Gasteiger partial charge in [0.2, 0.25) is 5.91 Å². The molecule has 156 valence electrons. The third-order valence-corrected chi connectivity index (χ3v) is 9.18. The number of sulfone groups is 1. The molecule has 9 heteroatoms. The van der Waals surface area contributed by atoms with E-state index in [4.69, 9.17) is 9.94 Å². The van der Waals surface area contributed by atoms with Crippen molar-refractivity contribution in [2.24, 2.45) is 0 Å². The van der Waals surface area contributed by atoms with Crippen LogP contribution in [-0.4, -0.2) is 31.3 Å². The van der Waals surface area contributed by atoms with Gasteiger partial charge in [0.1, 0.15) is 10.5 Å². The van der Waals surface area contributed by atoms with Gasteiger partial charge in [-0.3, -0.25) is 14.8 Å². The molecule has 0 spiro atoms. The Morgan fingerprint density at radius 2 is 1.90 bits per heavy atom. The van der Waals surface area contributed by atoms with Gasteiger partial charge in [-0.15, -0.1) is 11.3 Å². The maximum absolute atomic E-state index is 13.0. The number of carbonyl (C=O) groups is 2. The van der Waals surface area contributed by atoms with Crippen molar-refractivity contribution < 1.29 is 28.0 Å². The van der Waals surface area contributed by atoms with Gasteiger partial charge in [-0.25, -0.2) is 13.9 Å². The van der Waals surface area contributed by atoms with Crippen molar-refractivity contribution in [1.82, 2.24) is 5.48 Å². The second kappa shape index (κ2) is 8.64. The summed E-state index contributed by atoms with van der Waals surface area (Å²) in [6.45, 7) is 1.72. The van der Waals surface area contributed by atoms with Gasteiger partial charge in [0.25, 0.3) is 0 Å². The lowest BCUT2D eigenvalue weighted by Crippen LogP contribution is -2.43. The maximum atomic E-state index is 13.0. The Kier molecular flexibility index (Phi) is 6.40. The van der Waals surface area contributed by atoms with Crippen LogP contribution in [0.4, 0.5) is 0 Å². The Balaban J connectivity index is 1.93. The number of ether oxygens (including phenoxy) is 1. The summed E-state index contributed by atoms with van der Waals surface area (Å²) in [6, 6.07) is 10.6. The van der Waals surface area contributed by atoms with Crippen molar-refractivity contribution in [3.05, 3.63) is 41.3 Å². The molecule has 0 radical (unpaired) electrons. The highest BCUT2D eigenvalue weighted by molar-refractivity contribution is 7.92. The van der Waals surface area contributed by atoms with E-state index >= 15 is 0 Å². The summed E-state index contributed by atoms with van der Waals surface area (Å²) in [6.07, 6.45) is 1.59. The third kappa shape index (κ3) is 4.36. The van der Waals surface area contributed by atoms with E-state index in [0.717, 1.165) is 10.4 Å². The number of thiophene rings is 1. The topological polar surface area (TPSA) is 110 Å². The summed E-state index contributed by atoms with van der Waals surface area (Å²) >= 11 is 1.32. The molecule has 7 nitrogen and oxygen atoms in total. The lowest BCUT2D eigenvalue weighted by molar-refractivity contribution is -0.134. The Morgan fingerprint density at radius 1 is 1.17 bits per heavy atom. The molecular weight excluding hydrogens is 414 g/mol. The Hall–Kier alpha value is -2.23. The first kappa shape index (κ1) is 21.5. The highest BCUT2D eigenvalue weighted by Gasteiger charge is 2.49. The zero-order chi connectivity index (χ0) is 21.1. The first-order chi connectivity index (χ1) is 13.8. The number of esters is 1. The van der Waals surface area contributed by atoms with Gasteiger partial charge in [-0.05, 0) is 54.8 Å². The van der Waals surface area contributed by atoms with Crippen molar-refractivity contribution in [2.45, 2.75) is 43.8 Å². The van der Waals surface area contributed by atoms with Crippen LogP contribution in [0.2, 0.25) is 0 Å². The highest BCUT2D eigenvalue weighted by Crippen LogP contribution is 2.47. The van der Waals surface area contributed by atoms with Gasteiger partial charge in [0, 0.05) is 16.2 Å². The predicted octanol–water partition coefficient (Wildman–Crippen LogP) is 3.42. The molecule has 0 saturated carbocycles. The van der Waals surface area contributed by atoms with Crippen LogP contribution in [0.1, 0.15) is 43.9 Å². The van der Waals surface area contributed by atoms with E-state index in [-0.39, 0.29) is 24.6 Å². The smallest absolute Gasteiger partial charge is 0.310 e. The van der Waals surface area contributed by atoms with E-state index in [1.54, 1.807) is 42.7 Å². The number of carbonyl (C=O) groups excluding carboxylic acids is 2. The summed E-state index contributed by atoms with van der Waals surface area (Å²) in [5.74, 6) is -0.560. The van der Waals surface area contributed by atoms with Crippen molar-refractivity contribution in [2.75, 3.05) is 5.75 Å². The fourth-order valence-electron chi connectivity index (χ4n) is 3.54. The molecule has 1 aromatic carbocycles. The predicted molar refractivity (Wildman–Crippen MR) is 110 cm³/mol. The molecule has 1 amide bonds. The Labute approximate surface area is 173 Å². The third-order valence-electron chi connectivity index (χ3n) is 5.12. The summed E-state index contributed by atoms with van der Waals surface area (Å²) < 4.78 is 29.8. The van der Waals surface area contributed by atoms with E-state index < -0.39 is 20.5 Å². The lowest BCUT2D eigenvalue weighted by atomic mass is 9.94. The van der Waals surface area contributed by atoms with Crippen LogP contribution in [0.25, 0.3) is 10.4 Å². The molecule has 0 bridgehead atoms. The van der Waals surface area contributed by atoms with E-state index in [9.17, 15) is 18.0 Å². The van der Waals surface area contributed by atoms with E-state index in [1.165, 1.54) is 11.3 Å². The lowest BCUT2D eigenvalue weighted by Gasteiger charge is -2.35. The number of benzene rings is 1. The fraction of sp³-hybridized carbons (Fsp3) is 0.400. The average molecular weight is 438 g/mol. The molecule has 1 aliphatic heterocycles. The standard InChI is InChI=1S/C20H23NO6S2/c1-2-19(23)27-15-7-5-14(6-8-15)16-9-10-17(28-16)20(13-18(22)21-24)11-3-4-12-29(20,25)26/h5-10,24H,2-4,11-13H2,1H3,(H,21,22)/t20-/m0/s1. The van der Waals surface area contributed by atoms with Crippen LogP contribution in [0.5, 0.6) is 5.75 Å². The minimum atomic E-state index is -3.55. The molecule has 2 heterocycles. The van der Waals surface area contributed by atoms with Crippen molar-refractivity contribution in [1.29, 1.82) is 0 Å². The molecule has 29 heavy (non-hydrogen) atoms. The SMILES string of the molecule is CCC(=O)Oc1ccc(-c2ccc([C@@]3(CC(=O)NO)CCCCS3(=O)=O)s2)cc1. The highest BCUT2D eigenvalue weighted by atomic mass is 32.2. The molecule has 1 saturated heterocycles. The first-order valence-corrected chi connectivity index (χ1v) is 11.8. The normalized spacial score (nSPS) is 20.8. The zero-order valence-electron chi connectivity index (χ0n) is 16.0. The van der Waals surface area contributed by atoms with Gasteiger partial charge in [-0.1, -0.05) is 13.3 Å². The van der Waals surface area contributed by atoms with Gasteiger partial charge in [0.15, 0.2) is 9.84 Å². The van der Waals surface area contributed by atoms with Crippen LogP contribution in [-0.2, 0) is 24.2 Å². The second-order valence-corrected chi connectivity index (χ2v) is 10.5. The van der Waals surface area contributed by atoms with Crippen molar-refractivity contribution >= 4 is 33.1 Å². The van der Waals surface area contributed by atoms with Gasteiger partial charge < -0.3 is 4.74 Å². The first-order valence-electron chi connectivity index (χ1n) is 9.38. The fourth-order valence-corrected chi connectivity index (χ4v) is 7.33. The molecule has 2 N–H and O–H groups in total. The molecule has 0 unspecified atom stereocenters. The van der Waals surface area contributed by atoms with Crippen LogP contribution in [0.15, 0.2) is 36.4 Å².